The second-order valence-corrected chi connectivity index (χ2v) is 2.86. The summed E-state index contributed by atoms with van der Waals surface area (Å²) in [6.45, 7) is 0. The van der Waals surface area contributed by atoms with E-state index in [1.165, 1.54) is 19.3 Å². The van der Waals surface area contributed by atoms with E-state index in [9.17, 15) is 0 Å². The molecule has 2 nitrogen and oxygen atoms in total. The van der Waals surface area contributed by atoms with Gasteiger partial charge in [0.05, 0.1) is 5.84 Å². The molecule has 0 radical (unpaired) electrons. The third kappa shape index (κ3) is 3.12. The van der Waals surface area contributed by atoms with Crippen LogP contribution in [0.15, 0.2) is 0 Å². The minimum atomic E-state index is 0.343. The average molecular weight is 126 g/mol. The molecule has 0 aliphatic heterocycles. The number of hydrogen-bond donors (Lipinski definition) is 2. The van der Waals surface area contributed by atoms with E-state index >= 15 is 0 Å². The fraction of sp³-hybridized carbons (Fsp3) is 0.857. The second kappa shape index (κ2) is 2.85. The SMILES string of the molecule is N=C(N)CCCC1CC1. The standard InChI is InChI=1S/C7H14N2/c8-7(9)3-1-2-6-4-5-6/h6H,1-5H2,(H3,8,9). The number of nitrogens with two attached hydrogens (primary N) is 1. The van der Waals surface area contributed by atoms with Crippen LogP contribution in [0.5, 0.6) is 0 Å². The van der Waals surface area contributed by atoms with Gasteiger partial charge in [-0.2, -0.15) is 0 Å². The molecular formula is C7H14N2. The topological polar surface area (TPSA) is 49.9 Å². The largest absolute Gasteiger partial charge is 0.388 e. The third-order valence-corrected chi connectivity index (χ3v) is 1.76. The lowest BCUT2D eigenvalue weighted by Crippen LogP contribution is -2.08. The van der Waals surface area contributed by atoms with E-state index in [1.54, 1.807) is 0 Å². The summed E-state index contributed by atoms with van der Waals surface area (Å²) in [6, 6.07) is 0. The van der Waals surface area contributed by atoms with E-state index in [0.29, 0.717) is 5.84 Å². The van der Waals surface area contributed by atoms with Crippen LogP contribution in [0.3, 0.4) is 0 Å². The summed E-state index contributed by atoms with van der Waals surface area (Å²) < 4.78 is 0. The summed E-state index contributed by atoms with van der Waals surface area (Å²) in [7, 11) is 0. The molecule has 0 spiro atoms. The molecule has 9 heavy (non-hydrogen) atoms. The van der Waals surface area contributed by atoms with Crippen LogP contribution in [-0.4, -0.2) is 5.84 Å². The van der Waals surface area contributed by atoms with Crippen molar-refractivity contribution in [2.45, 2.75) is 32.1 Å². The van der Waals surface area contributed by atoms with Crippen LogP contribution in [-0.2, 0) is 0 Å². The number of amidine groups is 1. The molecule has 0 atom stereocenters. The first-order chi connectivity index (χ1) is 4.29. The molecule has 0 bridgehead atoms. The summed E-state index contributed by atoms with van der Waals surface area (Å²) >= 11 is 0. The lowest BCUT2D eigenvalue weighted by atomic mass is 10.2. The Morgan fingerprint density at radius 3 is 2.67 bits per heavy atom. The van der Waals surface area contributed by atoms with Gasteiger partial charge in [-0.25, -0.2) is 0 Å². The lowest BCUT2D eigenvalue weighted by molar-refractivity contribution is 0.682. The smallest absolute Gasteiger partial charge is 0.0905 e. The molecule has 1 rings (SSSR count). The van der Waals surface area contributed by atoms with Gasteiger partial charge in [0, 0.05) is 6.42 Å². The summed E-state index contributed by atoms with van der Waals surface area (Å²) in [4.78, 5) is 0. The van der Waals surface area contributed by atoms with Crippen molar-refractivity contribution in [3.05, 3.63) is 0 Å². The number of rotatable bonds is 4. The third-order valence-electron chi connectivity index (χ3n) is 1.76. The molecule has 0 unspecified atom stereocenters. The van der Waals surface area contributed by atoms with Crippen LogP contribution < -0.4 is 5.73 Å². The highest BCUT2D eigenvalue weighted by Crippen LogP contribution is 2.33. The van der Waals surface area contributed by atoms with Gasteiger partial charge in [0.15, 0.2) is 0 Å². The molecule has 0 aromatic carbocycles. The van der Waals surface area contributed by atoms with Crippen LogP contribution in [0.2, 0.25) is 0 Å². The predicted octanol–water partition coefficient (Wildman–Crippen LogP) is 1.50. The maximum atomic E-state index is 6.94. The maximum Gasteiger partial charge on any atom is 0.0905 e. The van der Waals surface area contributed by atoms with Crippen molar-refractivity contribution in [3.63, 3.8) is 0 Å². The summed E-state index contributed by atoms with van der Waals surface area (Å²) in [6.07, 6.45) is 6.05. The van der Waals surface area contributed by atoms with E-state index in [2.05, 4.69) is 0 Å². The summed E-state index contributed by atoms with van der Waals surface area (Å²) in [5, 5.41) is 6.94. The van der Waals surface area contributed by atoms with Crippen LogP contribution in [0, 0.1) is 11.3 Å². The highest BCUT2D eigenvalue weighted by atomic mass is 14.7. The van der Waals surface area contributed by atoms with Crippen molar-refractivity contribution in [1.82, 2.24) is 0 Å². The Bertz CT molecular complexity index is 105. The molecule has 0 saturated heterocycles. The quantitative estimate of drug-likeness (QED) is 0.435. The minimum absolute atomic E-state index is 0.343. The Labute approximate surface area is 55.9 Å². The van der Waals surface area contributed by atoms with Crippen molar-refractivity contribution in [1.29, 1.82) is 5.41 Å². The molecule has 52 valence electrons. The molecule has 1 fully saturated rings. The average Bonchev–Trinajstić information content (AvgIpc) is 2.48. The molecule has 3 N–H and O–H groups in total. The number of hydrogen-bond acceptors (Lipinski definition) is 1. The second-order valence-electron chi connectivity index (χ2n) is 2.86. The van der Waals surface area contributed by atoms with Crippen LogP contribution >= 0.6 is 0 Å². The molecule has 2 heteroatoms. The van der Waals surface area contributed by atoms with E-state index in [4.69, 9.17) is 11.1 Å². The maximum absolute atomic E-state index is 6.94. The molecule has 1 aliphatic rings. The minimum Gasteiger partial charge on any atom is -0.388 e. The van der Waals surface area contributed by atoms with Gasteiger partial charge in [0.2, 0.25) is 0 Å². The molecule has 0 aromatic rings. The Morgan fingerprint density at radius 2 is 2.22 bits per heavy atom. The van der Waals surface area contributed by atoms with E-state index in [0.717, 1.165) is 18.8 Å². The van der Waals surface area contributed by atoms with Gasteiger partial charge in [0.25, 0.3) is 0 Å². The fourth-order valence-electron chi connectivity index (χ4n) is 0.988. The Kier molecular flexibility index (Phi) is 2.09. The van der Waals surface area contributed by atoms with Crippen LogP contribution in [0.1, 0.15) is 32.1 Å². The van der Waals surface area contributed by atoms with Crippen molar-refractivity contribution in [2.24, 2.45) is 11.7 Å². The first kappa shape index (κ1) is 6.59. The van der Waals surface area contributed by atoms with Gasteiger partial charge in [-0.3, -0.25) is 5.41 Å². The molecule has 0 heterocycles. The summed E-state index contributed by atoms with van der Waals surface area (Å²) in [5.74, 6) is 1.33. The summed E-state index contributed by atoms with van der Waals surface area (Å²) in [5.41, 5.74) is 5.18. The molecule has 0 aromatic heterocycles. The highest BCUT2D eigenvalue weighted by molar-refractivity contribution is 5.76. The lowest BCUT2D eigenvalue weighted by Gasteiger charge is -1.94. The van der Waals surface area contributed by atoms with Crippen molar-refractivity contribution in [3.8, 4) is 0 Å². The van der Waals surface area contributed by atoms with Crippen molar-refractivity contribution >= 4 is 5.84 Å². The first-order valence-electron chi connectivity index (χ1n) is 3.62. The van der Waals surface area contributed by atoms with Gasteiger partial charge >= 0.3 is 0 Å². The van der Waals surface area contributed by atoms with E-state index in [-0.39, 0.29) is 0 Å². The normalized spacial score (nSPS) is 17.8. The van der Waals surface area contributed by atoms with Crippen molar-refractivity contribution < 1.29 is 0 Å². The van der Waals surface area contributed by atoms with Crippen LogP contribution in [0.25, 0.3) is 0 Å². The predicted molar refractivity (Wildman–Crippen MR) is 38.5 cm³/mol. The zero-order valence-corrected chi connectivity index (χ0v) is 5.69. The van der Waals surface area contributed by atoms with Gasteiger partial charge in [-0.05, 0) is 12.3 Å². The monoisotopic (exact) mass is 126 g/mol. The molecule has 0 amide bonds. The van der Waals surface area contributed by atoms with E-state index < -0.39 is 0 Å². The number of nitrogens with one attached hydrogen (secondary N) is 1. The van der Waals surface area contributed by atoms with Gasteiger partial charge in [-0.1, -0.05) is 19.3 Å². The highest BCUT2D eigenvalue weighted by Gasteiger charge is 2.19. The Morgan fingerprint density at radius 1 is 1.56 bits per heavy atom. The van der Waals surface area contributed by atoms with Crippen LogP contribution in [0.4, 0.5) is 0 Å². The Balaban J connectivity index is 1.86. The van der Waals surface area contributed by atoms with E-state index in [1.807, 2.05) is 0 Å². The molecular weight excluding hydrogens is 112 g/mol. The first-order valence-corrected chi connectivity index (χ1v) is 3.62. The molecule has 1 aliphatic carbocycles. The Hall–Kier alpha value is -0.530. The van der Waals surface area contributed by atoms with Gasteiger partial charge in [-0.15, -0.1) is 0 Å². The fourth-order valence-corrected chi connectivity index (χ4v) is 0.988. The van der Waals surface area contributed by atoms with Gasteiger partial charge in [0.1, 0.15) is 0 Å². The zero-order chi connectivity index (χ0) is 6.69. The zero-order valence-electron chi connectivity index (χ0n) is 5.69. The van der Waals surface area contributed by atoms with Crippen molar-refractivity contribution in [2.75, 3.05) is 0 Å². The van der Waals surface area contributed by atoms with Gasteiger partial charge < -0.3 is 5.73 Å². The molecule has 1 saturated carbocycles.